The van der Waals surface area contributed by atoms with E-state index in [2.05, 4.69) is 44.9 Å². The van der Waals surface area contributed by atoms with E-state index in [1.807, 2.05) is 30.4 Å². The topological polar surface area (TPSA) is 41.1 Å². The van der Waals surface area contributed by atoms with Crippen molar-refractivity contribution < 1.29 is 0 Å². The molecule has 1 N–H and O–H groups in total. The highest BCUT2D eigenvalue weighted by atomic mass is 32.1. The summed E-state index contributed by atoms with van der Waals surface area (Å²) < 4.78 is 4.33. The highest BCUT2D eigenvalue weighted by Crippen LogP contribution is 2.20. The number of hydrogen-bond acceptors (Lipinski definition) is 5. The maximum atomic E-state index is 4.49. The van der Waals surface area contributed by atoms with Crippen LogP contribution < -0.4 is 10.2 Å². The molecule has 0 bridgehead atoms. The lowest BCUT2D eigenvalue weighted by Gasteiger charge is -2.16. The van der Waals surface area contributed by atoms with Gasteiger partial charge in [-0.3, -0.25) is 0 Å². The molecule has 0 spiro atoms. The average Bonchev–Trinajstić information content (AvgIpc) is 2.95. The molecule has 0 radical (unpaired) electrons. The SMILES string of the molecule is C=CCN(CC=C)c1nc(NCc2ccccc2)ns1. The van der Waals surface area contributed by atoms with Crippen LogP contribution in [-0.4, -0.2) is 22.4 Å². The predicted octanol–water partition coefficient (Wildman–Crippen LogP) is 3.33. The van der Waals surface area contributed by atoms with Crippen LogP contribution in [0, 0.1) is 0 Å². The van der Waals surface area contributed by atoms with Gasteiger partial charge in [-0.25, -0.2) is 0 Å². The maximum absolute atomic E-state index is 4.49. The van der Waals surface area contributed by atoms with E-state index in [0.29, 0.717) is 5.95 Å². The number of benzene rings is 1. The van der Waals surface area contributed by atoms with E-state index in [4.69, 9.17) is 0 Å². The quantitative estimate of drug-likeness (QED) is 0.756. The summed E-state index contributed by atoms with van der Waals surface area (Å²) in [5.41, 5.74) is 1.21. The van der Waals surface area contributed by atoms with Crippen LogP contribution in [0.1, 0.15) is 5.56 Å². The van der Waals surface area contributed by atoms with Gasteiger partial charge in [-0.15, -0.1) is 13.2 Å². The Labute approximate surface area is 123 Å². The molecule has 1 heterocycles. The van der Waals surface area contributed by atoms with Crippen molar-refractivity contribution in [1.29, 1.82) is 0 Å². The Bertz CT molecular complexity index is 540. The van der Waals surface area contributed by atoms with E-state index in [0.717, 1.165) is 24.8 Å². The standard InChI is InChI=1S/C15H18N4S/c1-3-10-19(11-4-2)15-17-14(18-20-15)16-12-13-8-6-5-7-9-13/h3-9H,1-2,10-12H2,(H,16,18). The Balaban J connectivity index is 1.97. The second-order valence-corrected chi connectivity index (χ2v) is 4.95. The minimum absolute atomic E-state index is 0.659. The van der Waals surface area contributed by atoms with Gasteiger partial charge in [0.2, 0.25) is 11.1 Å². The fraction of sp³-hybridized carbons (Fsp3) is 0.200. The number of anilines is 2. The van der Waals surface area contributed by atoms with Crippen LogP contribution in [0.15, 0.2) is 55.6 Å². The van der Waals surface area contributed by atoms with Crippen LogP contribution in [0.3, 0.4) is 0 Å². The molecule has 0 amide bonds. The zero-order valence-electron chi connectivity index (χ0n) is 11.3. The smallest absolute Gasteiger partial charge is 0.236 e. The molecule has 20 heavy (non-hydrogen) atoms. The third-order valence-corrected chi connectivity index (χ3v) is 3.46. The molecule has 5 heteroatoms. The molecule has 1 aromatic carbocycles. The van der Waals surface area contributed by atoms with Crippen LogP contribution in [0.4, 0.5) is 11.1 Å². The second-order valence-electron chi connectivity index (χ2n) is 4.22. The third kappa shape index (κ3) is 3.93. The van der Waals surface area contributed by atoms with Gasteiger partial charge in [0.25, 0.3) is 0 Å². The van der Waals surface area contributed by atoms with Gasteiger partial charge in [0.1, 0.15) is 0 Å². The summed E-state index contributed by atoms with van der Waals surface area (Å²) in [6.45, 7) is 9.70. The molecule has 0 fully saturated rings. The summed E-state index contributed by atoms with van der Waals surface area (Å²) in [5.74, 6) is 0.659. The molecular weight excluding hydrogens is 268 g/mol. The van der Waals surface area contributed by atoms with Crippen LogP contribution >= 0.6 is 11.5 Å². The van der Waals surface area contributed by atoms with Crippen LogP contribution in [0.25, 0.3) is 0 Å². The van der Waals surface area contributed by atoms with Crippen molar-refractivity contribution in [3.63, 3.8) is 0 Å². The van der Waals surface area contributed by atoms with Crippen molar-refractivity contribution in [2.75, 3.05) is 23.3 Å². The molecule has 0 atom stereocenters. The van der Waals surface area contributed by atoms with E-state index < -0.39 is 0 Å². The molecule has 0 saturated carbocycles. The average molecular weight is 286 g/mol. The number of rotatable bonds is 8. The van der Waals surface area contributed by atoms with Gasteiger partial charge in [-0.2, -0.15) is 9.36 Å². The molecular formula is C15H18N4S. The minimum atomic E-state index is 0.659. The molecule has 2 aromatic rings. The van der Waals surface area contributed by atoms with Gasteiger partial charge in [-0.05, 0) is 5.56 Å². The Morgan fingerprint density at radius 2 is 1.85 bits per heavy atom. The van der Waals surface area contributed by atoms with E-state index in [9.17, 15) is 0 Å². The van der Waals surface area contributed by atoms with Crippen molar-refractivity contribution >= 4 is 22.6 Å². The van der Waals surface area contributed by atoms with E-state index >= 15 is 0 Å². The normalized spacial score (nSPS) is 10.0. The van der Waals surface area contributed by atoms with E-state index in [-0.39, 0.29) is 0 Å². The summed E-state index contributed by atoms with van der Waals surface area (Å²) in [5, 5.41) is 4.11. The van der Waals surface area contributed by atoms with Gasteiger partial charge in [0.05, 0.1) is 0 Å². The number of nitrogens with one attached hydrogen (secondary N) is 1. The Morgan fingerprint density at radius 1 is 1.15 bits per heavy atom. The van der Waals surface area contributed by atoms with Crippen LogP contribution in [0.2, 0.25) is 0 Å². The fourth-order valence-corrected chi connectivity index (χ4v) is 2.40. The number of aromatic nitrogens is 2. The lowest BCUT2D eigenvalue weighted by Crippen LogP contribution is -2.22. The van der Waals surface area contributed by atoms with Crippen molar-refractivity contribution in [1.82, 2.24) is 9.36 Å². The van der Waals surface area contributed by atoms with Gasteiger partial charge in [-0.1, -0.05) is 42.5 Å². The Morgan fingerprint density at radius 3 is 2.50 bits per heavy atom. The Kier molecular flexibility index (Phi) is 5.32. The number of hydrogen-bond donors (Lipinski definition) is 1. The third-order valence-electron chi connectivity index (χ3n) is 2.68. The molecule has 1 aromatic heterocycles. The second kappa shape index (κ2) is 7.45. The molecule has 4 nitrogen and oxygen atoms in total. The van der Waals surface area contributed by atoms with Gasteiger partial charge < -0.3 is 10.2 Å². The predicted molar refractivity (Wildman–Crippen MR) is 86.3 cm³/mol. The first-order chi connectivity index (χ1) is 9.83. The Hall–Kier alpha value is -2.14. The highest BCUT2D eigenvalue weighted by molar-refractivity contribution is 7.09. The minimum Gasteiger partial charge on any atom is -0.349 e. The number of nitrogens with zero attached hydrogens (tertiary/aromatic N) is 3. The van der Waals surface area contributed by atoms with Crippen LogP contribution in [0.5, 0.6) is 0 Å². The molecule has 2 rings (SSSR count). The molecule has 0 aliphatic carbocycles. The monoisotopic (exact) mass is 286 g/mol. The zero-order valence-corrected chi connectivity index (χ0v) is 12.1. The molecule has 0 saturated heterocycles. The van der Waals surface area contributed by atoms with Crippen molar-refractivity contribution in [2.24, 2.45) is 0 Å². The molecule has 0 aliphatic rings. The van der Waals surface area contributed by atoms with Crippen LogP contribution in [-0.2, 0) is 6.54 Å². The van der Waals surface area contributed by atoms with Crippen molar-refractivity contribution in [2.45, 2.75) is 6.54 Å². The summed E-state index contributed by atoms with van der Waals surface area (Å²) in [4.78, 5) is 6.56. The lowest BCUT2D eigenvalue weighted by atomic mass is 10.2. The van der Waals surface area contributed by atoms with Gasteiger partial charge in [0, 0.05) is 31.2 Å². The summed E-state index contributed by atoms with van der Waals surface area (Å²) in [7, 11) is 0. The fourth-order valence-electron chi connectivity index (χ4n) is 1.74. The molecule has 0 aliphatic heterocycles. The summed E-state index contributed by atoms with van der Waals surface area (Å²) in [6, 6.07) is 10.2. The largest absolute Gasteiger partial charge is 0.349 e. The van der Waals surface area contributed by atoms with E-state index in [1.165, 1.54) is 17.1 Å². The summed E-state index contributed by atoms with van der Waals surface area (Å²) in [6.07, 6.45) is 3.70. The first-order valence-electron chi connectivity index (χ1n) is 6.41. The van der Waals surface area contributed by atoms with Crippen molar-refractivity contribution in [3.05, 3.63) is 61.2 Å². The first-order valence-corrected chi connectivity index (χ1v) is 7.19. The van der Waals surface area contributed by atoms with Gasteiger partial charge >= 0.3 is 0 Å². The maximum Gasteiger partial charge on any atom is 0.236 e. The molecule has 0 unspecified atom stereocenters. The van der Waals surface area contributed by atoms with E-state index in [1.54, 1.807) is 0 Å². The summed E-state index contributed by atoms with van der Waals surface area (Å²) >= 11 is 1.38. The molecule has 104 valence electrons. The highest BCUT2D eigenvalue weighted by Gasteiger charge is 2.09. The zero-order chi connectivity index (χ0) is 14.2. The first kappa shape index (κ1) is 14.3. The van der Waals surface area contributed by atoms with Gasteiger partial charge in [0.15, 0.2) is 0 Å². The lowest BCUT2D eigenvalue weighted by molar-refractivity contribution is 0.943. The van der Waals surface area contributed by atoms with Crippen molar-refractivity contribution in [3.8, 4) is 0 Å².